The Morgan fingerprint density at radius 1 is 0.923 bits per heavy atom. The maximum absolute atomic E-state index is 13.8. The van der Waals surface area contributed by atoms with Crippen LogP contribution in [0.25, 0.3) is 0 Å². The van der Waals surface area contributed by atoms with Crippen LogP contribution in [0, 0.1) is 6.92 Å². The lowest BCUT2D eigenvalue weighted by molar-refractivity contribution is -0.141. The van der Waals surface area contributed by atoms with Crippen molar-refractivity contribution < 1.29 is 14.3 Å². The summed E-state index contributed by atoms with van der Waals surface area (Å²) in [7, 11) is 0. The summed E-state index contributed by atoms with van der Waals surface area (Å²) in [6.45, 7) is 2.86. The molecule has 1 unspecified atom stereocenters. The molecule has 39 heavy (non-hydrogen) atoms. The number of ether oxygens (including phenoxy) is 1. The van der Waals surface area contributed by atoms with Gasteiger partial charge < -0.3 is 15.0 Å². The number of rotatable bonds is 12. The third kappa shape index (κ3) is 9.24. The quantitative estimate of drug-likeness (QED) is 0.231. The van der Waals surface area contributed by atoms with Gasteiger partial charge in [-0.3, -0.25) is 9.59 Å². The highest BCUT2D eigenvalue weighted by atomic mass is 79.9. The fourth-order valence-electron chi connectivity index (χ4n) is 5.08. The third-order valence-electron chi connectivity index (χ3n) is 7.31. The molecule has 0 aromatic heterocycles. The molecule has 1 aliphatic carbocycles. The Labute approximate surface area is 241 Å². The molecule has 1 atom stereocenters. The van der Waals surface area contributed by atoms with Crippen LogP contribution in [0.15, 0.2) is 83.3 Å². The summed E-state index contributed by atoms with van der Waals surface area (Å²) in [5.41, 5.74) is 3.21. The van der Waals surface area contributed by atoms with E-state index in [0.717, 1.165) is 47.0 Å². The van der Waals surface area contributed by atoms with E-state index in [2.05, 4.69) is 21.2 Å². The number of nitrogens with zero attached hydrogens (tertiary/aromatic N) is 1. The van der Waals surface area contributed by atoms with Gasteiger partial charge in [0.05, 0.1) is 6.61 Å². The second-order valence-corrected chi connectivity index (χ2v) is 11.4. The standard InChI is InChI=1S/C33H39BrN2O3/c1-25-14-20-30(21-15-25)39-22-8-13-32(37)36(24-27-16-18-28(34)19-17-27)31(23-26-9-4-2-5-10-26)33(38)35-29-11-6-3-7-12-29/h2,4-5,9-10,14-21,29,31H,3,6-8,11-13,22-24H2,1H3,(H,35,38). The summed E-state index contributed by atoms with van der Waals surface area (Å²) in [5, 5.41) is 3.30. The summed E-state index contributed by atoms with van der Waals surface area (Å²) in [6.07, 6.45) is 6.85. The van der Waals surface area contributed by atoms with Gasteiger partial charge in [-0.1, -0.05) is 95.4 Å². The van der Waals surface area contributed by atoms with E-state index in [0.29, 0.717) is 32.4 Å². The largest absolute Gasteiger partial charge is 0.494 e. The molecule has 0 spiro atoms. The minimum Gasteiger partial charge on any atom is -0.494 e. The molecule has 0 aliphatic heterocycles. The first-order valence-corrected chi connectivity index (χ1v) is 14.8. The molecule has 3 aromatic rings. The van der Waals surface area contributed by atoms with Gasteiger partial charge in [-0.15, -0.1) is 0 Å². The van der Waals surface area contributed by atoms with Crippen molar-refractivity contribution in [2.75, 3.05) is 6.61 Å². The maximum Gasteiger partial charge on any atom is 0.243 e. The molecule has 0 bridgehead atoms. The predicted octanol–water partition coefficient (Wildman–Crippen LogP) is 7.01. The lowest BCUT2D eigenvalue weighted by Crippen LogP contribution is -2.52. The fourth-order valence-corrected chi connectivity index (χ4v) is 5.34. The van der Waals surface area contributed by atoms with Crippen LogP contribution in [0.2, 0.25) is 0 Å². The molecule has 206 valence electrons. The van der Waals surface area contributed by atoms with Gasteiger partial charge in [0.2, 0.25) is 11.8 Å². The average molecular weight is 592 g/mol. The van der Waals surface area contributed by atoms with Crippen molar-refractivity contribution in [2.45, 2.75) is 76.9 Å². The van der Waals surface area contributed by atoms with E-state index in [4.69, 9.17) is 4.74 Å². The van der Waals surface area contributed by atoms with Crippen molar-refractivity contribution in [1.82, 2.24) is 10.2 Å². The highest BCUT2D eigenvalue weighted by Gasteiger charge is 2.31. The van der Waals surface area contributed by atoms with Crippen molar-refractivity contribution in [3.8, 4) is 5.75 Å². The molecule has 1 fully saturated rings. The summed E-state index contributed by atoms with van der Waals surface area (Å²) in [4.78, 5) is 29.4. The first kappa shape index (κ1) is 28.9. The Morgan fingerprint density at radius 3 is 2.31 bits per heavy atom. The molecule has 0 saturated heterocycles. The summed E-state index contributed by atoms with van der Waals surface area (Å²) < 4.78 is 6.85. The molecule has 4 rings (SSSR count). The zero-order chi connectivity index (χ0) is 27.5. The van der Waals surface area contributed by atoms with Crippen LogP contribution in [-0.4, -0.2) is 35.4 Å². The molecule has 0 heterocycles. The van der Waals surface area contributed by atoms with E-state index >= 15 is 0 Å². The predicted molar refractivity (Wildman–Crippen MR) is 160 cm³/mol. The molecule has 6 heteroatoms. The van der Waals surface area contributed by atoms with Crippen LogP contribution >= 0.6 is 15.9 Å². The van der Waals surface area contributed by atoms with Crippen molar-refractivity contribution in [3.63, 3.8) is 0 Å². The van der Waals surface area contributed by atoms with Crippen molar-refractivity contribution >= 4 is 27.7 Å². The molecular weight excluding hydrogens is 552 g/mol. The van der Waals surface area contributed by atoms with Gasteiger partial charge in [-0.25, -0.2) is 0 Å². The van der Waals surface area contributed by atoms with Gasteiger partial charge in [-0.2, -0.15) is 0 Å². The number of hydrogen-bond donors (Lipinski definition) is 1. The van der Waals surface area contributed by atoms with Crippen LogP contribution in [-0.2, 0) is 22.6 Å². The Morgan fingerprint density at radius 2 is 1.62 bits per heavy atom. The number of carbonyl (C=O) groups is 2. The number of carbonyl (C=O) groups excluding carboxylic acids is 2. The Balaban J connectivity index is 1.51. The van der Waals surface area contributed by atoms with E-state index in [1.807, 2.05) is 85.8 Å². The van der Waals surface area contributed by atoms with E-state index in [1.165, 1.54) is 12.0 Å². The fraction of sp³-hybridized carbons (Fsp3) is 0.394. The van der Waals surface area contributed by atoms with E-state index in [9.17, 15) is 9.59 Å². The third-order valence-corrected chi connectivity index (χ3v) is 7.84. The SMILES string of the molecule is Cc1ccc(OCCCC(=O)N(Cc2ccc(Br)cc2)C(Cc2ccccc2)C(=O)NC2CCCCC2)cc1. The first-order valence-electron chi connectivity index (χ1n) is 14.1. The maximum atomic E-state index is 13.8. The van der Waals surface area contributed by atoms with Crippen molar-refractivity contribution in [2.24, 2.45) is 0 Å². The summed E-state index contributed by atoms with van der Waals surface area (Å²) in [5.74, 6) is 0.700. The lowest BCUT2D eigenvalue weighted by Gasteiger charge is -2.33. The second-order valence-electron chi connectivity index (χ2n) is 10.5. The first-order chi connectivity index (χ1) is 19.0. The minimum absolute atomic E-state index is 0.0369. The van der Waals surface area contributed by atoms with Gasteiger partial charge in [0.1, 0.15) is 11.8 Å². The van der Waals surface area contributed by atoms with Gasteiger partial charge in [0.25, 0.3) is 0 Å². The molecule has 0 radical (unpaired) electrons. The second kappa shape index (κ2) is 14.9. The van der Waals surface area contributed by atoms with Gasteiger partial charge in [0, 0.05) is 29.9 Å². The highest BCUT2D eigenvalue weighted by molar-refractivity contribution is 9.10. The molecule has 1 saturated carbocycles. The molecular formula is C33H39BrN2O3. The van der Waals surface area contributed by atoms with Crippen LogP contribution in [0.3, 0.4) is 0 Å². The minimum atomic E-state index is -0.594. The lowest BCUT2D eigenvalue weighted by atomic mass is 9.94. The number of halogens is 1. The van der Waals surface area contributed by atoms with Gasteiger partial charge in [0.15, 0.2) is 0 Å². The average Bonchev–Trinajstić information content (AvgIpc) is 2.96. The molecule has 1 aliphatic rings. The number of amides is 2. The topological polar surface area (TPSA) is 58.6 Å². The molecule has 5 nitrogen and oxygen atoms in total. The van der Waals surface area contributed by atoms with Crippen molar-refractivity contribution in [1.29, 1.82) is 0 Å². The molecule has 1 N–H and O–H groups in total. The summed E-state index contributed by atoms with van der Waals surface area (Å²) >= 11 is 3.50. The van der Waals surface area contributed by atoms with Crippen LogP contribution in [0.5, 0.6) is 5.75 Å². The van der Waals surface area contributed by atoms with Crippen LogP contribution in [0.1, 0.15) is 61.6 Å². The molecule has 3 aromatic carbocycles. The smallest absolute Gasteiger partial charge is 0.243 e. The van der Waals surface area contributed by atoms with E-state index in [1.54, 1.807) is 4.90 Å². The zero-order valence-corrected chi connectivity index (χ0v) is 24.4. The zero-order valence-electron chi connectivity index (χ0n) is 22.8. The van der Waals surface area contributed by atoms with E-state index in [-0.39, 0.29) is 17.9 Å². The summed E-state index contributed by atoms with van der Waals surface area (Å²) in [6, 6.07) is 25.4. The molecule has 2 amide bonds. The number of aryl methyl sites for hydroxylation is 1. The van der Waals surface area contributed by atoms with E-state index < -0.39 is 6.04 Å². The Kier molecular flexibility index (Phi) is 11.0. The Hall–Kier alpha value is -3.12. The number of benzene rings is 3. The highest BCUT2D eigenvalue weighted by Crippen LogP contribution is 2.21. The normalized spacial score (nSPS) is 14.4. The number of hydrogen-bond acceptors (Lipinski definition) is 3. The van der Waals surface area contributed by atoms with Gasteiger partial charge >= 0.3 is 0 Å². The van der Waals surface area contributed by atoms with Crippen LogP contribution < -0.4 is 10.1 Å². The Bertz CT molecular complexity index is 1180. The van der Waals surface area contributed by atoms with Gasteiger partial charge in [-0.05, 0) is 61.6 Å². The van der Waals surface area contributed by atoms with Crippen LogP contribution in [0.4, 0.5) is 0 Å². The monoisotopic (exact) mass is 590 g/mol. The number of nitrogens with one attached hydrogen (secondary N) is 1. The van der Waals surface area contributed by atoms with Crippen molar-refractivity contribution in [3.05, 3.63) is 100 Å².